The van der Waals surface area contributed by atoms with Crippen molar-refractivity contribution in [3.8, 4) is 16.9 Å². The van der Waals surface area contributed by atoms with Crippen LogP contribution in [0.4, 0.5) is 5.69 Å². The topological polar surface area (TPSA) is 43.8 Å². The summed E-state index contributed by atoms with van der Waals surface area (Å²) in [6.07, 6.45) is 1.88. The molecule has 3 aromatic rings. The average Bonchev–Trinajstić information content (AvgIpc) is 2.84. The van der Waals surface area contributed by atoms with Gasteiger partial charge in [-0.3, -0.25) is 0 Å². The van der Waals surface area contributed by atoms with E-state index in [0.717, 1.165) is 16.9 Å². The maximum atomic E-state index is 6.18. The van der Waals surface area contributed by atoms with Crippen molar-refractivity contribution in [2.75, 3.05) is 5.73 Å². The lowest BCUT2D eigenvalue weighted by atomic mass is 10.0. The molecule has 1 heterocycles. The van der Waals surface area contributed by atoms with E-state index >= 15 is 0 Å². The molecule has 2 aromatic carbocycles. The number of aryl methyl sites for hydroxylation is 3. The van der Waals surface area contributed by atoms with Gasteiger partial charge in [-0.2, -0.15) is 5.10 Å². The number of nitrogens with two attached hydrogens (primary N) is 1. The molecule has 3 rings (SSSR count). The number of benzene rings is 2. The molecule has 21 heavy (non-hydrogen) atoms. The minimum atomic E-state index is 0.698. The third-order valence-electron chi connectivity index (χ3n) is 3.69. The summed E-state index contributed by atoms with van der Waals surface area (Å²) in [4.78, 5) is 0. The van der Waals surface area contributed by atoms with E-state index in [2.05, 4.69) is 68.3 Å². The molecule has 0 spiro atoms. The number of aromatic nitrogens is 2. The van der Waals surface area contributed by atoms with Crippen LogP contribution in [0.15, 0.2) is 48.7 Å². The quantitative estimate of drug-likeness (QED) is 0.768. The highest BCUT2D eigenvalue weighted by atomic mass is 15.3. The summed E-state index contributed by atoms with van der Waals surface area (Å²) in [5.41, 5.74) is 13.5. The van der Waals surface area contributed by atoms with Crippen LogP contribution in [0, 0.1) is 20.8 Å². The first kappa shape index (κ1) is 13.4. The maximum Gasteiger partial charge on any atom is 0.116 e. The van der Waals surface area contributed by atoms with Gasteiger partial charge in [0.25, 0.3) is 0 Å². The molecule has 106 valence electrons. The van der Waals surface area contributed by atoms with E-state index in [1.807, 2.05) is 10.9 Å². The van der Waals surface area contributed by atoms with Gasteiger partial charge in [-0.05, 0) is 44.5 Å². The van der Waals surface area contributed by atoms with Crippen LogP contribution in [-0.2, 0) is 0 Å². The second-order valence-corrected chi connectivity index (χ2v) is 5.53. The molecule has 0 unspecified atom stereocenters. The van der Waals surface area contributed by atoms with Crippen LogP contribution in [0.25, 0.3) is 16.9 Å². The Bertz CT molecular complexity index is 783. The first-order valence-electron chi connectivity index (χ1n) is 7.04. The summed E-state index contributed by atoms with van der Waals surface area (Å²) in [5, 5.41) is 4.67. The van der Waals surface area contributed by atoms with Crippen LogP contribution >= 0.6 is 0 Å². The second-order valence-electron chi connectivity index (χ2n) is 5.53. The first-order valence-corrected chi connectivity index (χ1v) is 7.04. The zero-order chi connectivity index (χ0) is 15.0. The van der Waals surface area contributed by atoms with Gasteiger partial charge in [0.15, 0.2) is 0 Å². The number of anilines is 1. The van der Waals surface area contributed by atoms with Crippen molar-refractivity contribution in [2.24, 2.45) is 0 Å². The van der Waals surface area contributed by atoms with Crippen molar-refractivity contribution < 1.29 is 0 Å². The van der Waals surface area contributed by atoms with Crippen molar-refractivity contribution in [1.29, 1.82) is 0 Å². The second kappa shape index (κ2) is 5.09. The van der Waals surface area contributed by atoms with Crippen molar-refractivity contribution in [3.05, 3.63) is 65.4 Å². The summed E-state index contributed by atoms with van der Waals surface area (Å²) in [7, 11) is 0. The number of nitrogens with zero attached hydrogens (tertiary/aromatic N) is 2. The average molecular weight is 277 g/mol. The third-order valence-corrected chi connectivity index (χ3v) is 3.69. The molecule has 0 aliphatic carbocycles. The Balaban J connectivity index is 2.09. The molecular weight excluding hydrogens is 258 g/mol. The van der Waals surface area contributed by atoms with Gasteiger partial charge in [0.05, 0.1) is 17.6 Å². The van der Waals surface area contributed by atoms with Gasteiger partial charge >= 0.3 is 0 Å². The molecule has 0 saturated heterocycles. The van der Waals surface area contributed by atoms with Crippen molar-refractivity contribution >= 4 is 5.69 Å². The monoisotopic (exact) mass is 277 g/mol. The Morgan fingerprint density at radius 2 is 1.57 bits per heavy atom. The minimum Gasteiger partial charge on any atom is -0.396 e. The zero-order valence-corrected chi connectivity index (χ0v) is 12.6. The molecule has 0 aliphatic heterocycles. The SMILES string of the molecule is Cc1ccc(-n2cc(N)c(-c3cc(C)ccc3C)n2)cc1. The predicted molar refractivity (Wildman–Crippen MR) is 87.6 cm³/mol. The molecule has 0 saturated carbocycles. The Labute approximate surface area is 125 Å². The van der Waals surface area contributed by atoms with Gasteiger partial charge in [0.2, 0.25) is 0 Å². The lowest BCUT2D eigenvalue weighted by molar-refractivity contribution is 0.883. The summed E-state index contributed by atoms with van der Waals surface area (Å²) < 4.78 is 1.84. The minimum absolute atomic E-state index is 0.698. The van der Waals surface area contributed by atoms with Crippen LogP contribution in [0.3, 0.4) is 0 Å². The summed E-state index contributed by atoms with van der Waals surface area (Å²) in [6.45, 7) is 6.23. The van der Waals surface area contributed by atoms with E-state index in [0.29, 0.717) is 5.69 Å². The molecule has 1 aromatic heterocycles. The van der Waals surface area contributed by atoms with Crippen molar-refractivity contribution in [2.45, 2.75) is 20.8 Å². The molecule has 2 N–H and O–H groups in total. The van der Waals surface area contributed by atoms with Gasteiger partial charge in [-0.25, -0.2) is 4.68 Å². The molecular formula is C18H19N3. The smallest absolute Gasteiger partial charge is 0.116 e. The molecule has 0 aliphatic rings. The largest absolute Gasteiger partial charge is 0.396 e. The van der Waals surface area contributed by atoms with Gasteiger partial charge in [-0.1, -0.05) is 35.4 Å². The lowest BCUT2D eigenvalue weighted by Gasteiger charge is -2.05. The lowest BCUT2D eigenvalue weighted by Crippen LogP contribution is -1.95. The highest BCUT2D eigenvalue weighted by Crippen LogP contribution is 2.29. The predicted octanol–water partition coefficient (Wildman–Crippen LogP) is 4.05. The zero-order valence-electron chi connectivity index (χ0n) is 12.6. The number of hydrogen-bond donors (Lipinski definition) is 1. The van der Waals surface area contributed by atoms with Crippen LogP contribution in [-0.4, -0.2) is 9.78 Å². The maximum absolute atomic E-state index is 6.18. The van der Waals surface area contributed by atoms with E-state index in [1.165, 1.54) is 16.7 Å². The van der Waals surface area contributed by atoms with E-state index in [4.69, 9.17) is 5.73 Å². The fourth-order valence-corrected chi connectivity index (χ4v) is 2.42. The van der Waals surface area contributed by atoms with Crippen LogP contribution in [0.1, 0.15) is 16.7 Å². The molecule has 0 fully saturated rings. The van der Waals surface area contributed by atoms with Crippen LogP contribution < -0.4 is 5.73 Å². The van der Waals surface area contributed by atoms with E-state index in [9.17, 15) is 0 Å². The number of hydrogen-bond acceptors (Lipinski definition) is 2. The molecule has 0 bridgehead atoms. The molecule has 3 nitrogen and oxygen atoms in total. The van der Waals surface area contributed by atoms with E-state index in [-0.39, 0.29) is 0 Å². The summed E-state index contributed by atoms with van der Waals surface area (Å²) in [6, 6.07) is 14.6. The first-order chi connectivity index (χ1) is 10.0. The molecule has 0 radical (unpaired) electrons. The Kier molecular flexibility index (Phi) is 3.26. The van der Waals surface area contributed by atoms with Gasteiger partial charge in [0, 0.05) is 5.56 Å². The van der Waals surface area contributed by atoms with Gasteiger partial charge in [-0.15, -0.1) is 0 Å². The summed E-state index contributed by atoms with van der Waals surface area (Å²) in [5.74, 6) is 0. The van der Waals surface area contributed by atoms with Crippen LogP contribution in [0.2, 0.25) is 0 Å². The van der Waals surface area contributed by atoms with E-state index < -0.39 is 0 Å². The number of nitrogen functional groups attached to an aromatic ring is 1. The van der Waals surface area contributed by atoms with Crippen molar-refractivity contribution in [3.63, 3.8) is 0 Å². The molecule has 0 amide bonds. The van der Waals surface area contributed by atoms with Gasteiger partial charge < -0.3 is 5.73 Å². The fraction of sp³-hybridized carbons (Fsp3) is 0.167. The highest BCUT2D eigenvalue weighted by Gasteiger charge is 2.12. The normalized spacial score (nSPS) is 10.8. The highest BCUT2D eigenvalue weighted by molar-refractivity contribution is 5.75. The Hall–Kier alpha value is -2.55. The fourth-order valence-electron chi connectivity index (χ4n) is 2.42. The molecule has 0 atom stereocenters. The third kappa shape index (κ3) is 2.55. The summed E-state index contributed by atoms with van der Waals surface area (Å²) >= 11 is 0. The van der Waals surface area contributed by atoms with Crippen LogP contribution in [0.5, 0.6) is 0 Å². The Morgan fingerprint density at radius 3 is 2.29 bits per heavy atom. The number of rotatable bonds is 2. The molecule has 3 heteroatoms. The van der Waals surface area contributed by atoms with E-state index in [1.54, 1.807) is 0 Å². The van der Waals surface area contributed by atoms with Crippen molar-refractivity contribution in [1.82, 2.24) is 9.78 Å². The Morgan fingerprint density at radius 1 is 0.905 bits per heavy atom. The van der Waals surface area contributed by atoms with Gasteiger partial charge in [0.1, 0.15) is 5.69 Å². The standard InChI is InChI=1S/C18H19N3/c1-12-5-8-15(9-6-12)21-11-17(19)18(20-21)16-10-13(2)4-7-14(16)3/h4-11H,19H2,1-3H3.